The summed E-state index contributed by atoms with van der Waals surface area (Å²) in [5.74, 6) is 0.904. The summed E-state index contributed by atoms with van der Waals surface area (Å²) in [6, 6.07) is 0.640. The number of nitrogens with one attached hydrogen (secondary N) is 1. The molecule has 0 radical (unpaired) electrons. The van der Waals surface area contributed by atoms with Crippen molar-refractivity contribution in [1.82, 2.24) is 5.32 Å². The Morgan fingerprint density at radius 1 is 1.43 bits per heavy atom. The molecule has 2 aliphatic carbocycles. The zero-order chi connectivity index (χ0) is 10.0. The minimum absolute atomic E-state index is 0.205. The van der Waals surface area contributed by atoms with E-state index in [-0.39, 0.29) is 5.60 Å². The van der Waals surface area contributed by atoms with Gasteiger partial charge in [0.1, 0.15) is 0 Å². The third-order valence-electron chi connectivity index (χ3n) is 3.88. The van der Waals surface area contributed by atoms with E-state index in [4.69, 9.17) is 4.74 Å². The number of hydrogen-bond acceptors (Lipinski definition) is 2. The van der Waals surface area contributed by atoms with E-state index in [0.717, 1.165) is 12.5 Å². The van der Waals surface area contributed by atoms with E-state index in [1.54, 1.807) is 0 Å². The second-order valence-corrected chi connectivity index (χ2v) is 4.89. The highest BCUT2D eigenvalue weighted by Gasteiger charge is 2.50. The molecule has 0 bridgehead atoms. The Hall–Kier alpha value is -0.0800. The van der Waals surface area contributed by atoms with E-state index in [1.165, 1.54) is 38.5 Å². The lowest BCUT2D eigenvalue weighted by Gasteiger charge is -2.47. The van der Waals surface area contributed by atoms with Gasteiger partial charge in [-0.25, -0.2) is 0 Å². The third-order valence-corrected chi connectivity index (χ3v) is 3.88. The van der Waals surface area contributed by atoms with E-state index in [9.17, 15) is 0 Å². The highest BCUT2D eigenvalue weighted by atomic mass is 16.5. The first-order valence-electron chi connectivity index (χ1n) is 6.11. The molecule has 82 valence electrons. The summed E-state index contributed by atoms with van der Waals surface area (Å²) in [4.78, 5) is 0. The summed E-state index contributed by atoms with van der Waals surface area (Å²) in [5.41, 5.74) is 0.205. The normalized spacial score (nSPS) is 27.0. The lowest BCUT2D eigenvalue weighted by molar-refractivity contribution is -0.103. The van der Waals surface area contributed by atoms with Gasteiger partial charge in [-0.05, 0) is 51.0 Å². The van der Waals surface area contributed by atoms with Crippen LogP contribution < -0.4 is 5.32 Å². The molecule has 0 amide bonds. The van der Waals surface area contributed by atoms with Crippen molar-refractivity contribution in [3.63, 3.8) is 0 Å². The molecule has 0 aliphatic heterocycles. The van der Waals surface area contributed by atoms with Crippen LogP contribution in [0.25, 0.3) is 0 Å². The van der Waals surface area contributed by atoms with Gasteiger partial charge < -0.3 is 10.1 Å². The maximum Gasteiger partial charge on any atom is 0.0833 e. The van der Waals surface area contributed by atoms with Crippen LogP contribution in [0, 0.1) is 5.92 Å². The fourth-order valence-corrected chi connectivity index (χ4v) is 2.68. The van der Waals surface area contributed by atoms with Gasteiger partial charge in [0.15, 0.2) is 0 Å². The van der Waals surface area contributed by atoms with Crippen molar-refractivity contribution in [3.8, 4) is 0 Å². The number of rotatable bonds is 6. The molecule has 0 saturated heterocycles. The highest BCUT2D eigenvalue weighted by Crippen LogP contribution is 2.46. The molecular weight excluding hydrogens is 174 g/mol. The van der Waals surface area contributed by atoms with E-state index in [1.807, 2.05) is 7.11 Å². The zero-order valence-electron chi connectivity index (χ0n) is 9.51. The Bertz CT molecular complexity index is 179. The summed E-state index contributed by atoms with van der Waals surface area (Å²) < 4.78 is 5.77. The van der Waals surface area contributed by atoms with Crippen LogP contribution in [0.15, 0.2) is 0 Å². The molecule has 0 spiro atoms. The molecule has 0 aromatic rings. The molecule has 0 heterocycles. The summed E-state index contributed by atoms with van der Waals surface area (Å²) in [5, 5.41) is 3.70. The molecular formula is C12H23NO. The van der Waals surface area contributed by atoms with Crippen LogP contribution in [-0.2, 0) is 4.74 Å². The Balaban J connectivity index is 1.93. The molecule has 2 saturated carbocycles. The average molecular weight is 197 g/mol. The molecule has 14 heavy (non-hydrogen) atoms. The Morgan fingerprint density at radius 3 is 2.50 bits per heavy atom. The largest absolute Gasteiger partial charge is 0.377 e. The smallest absolute Gasteiger partial charge is 0.0833 e. The van der Waals surface area contributed by atoms with Crippen molar-refractivity contribution in [2.24, 2.45) is 5.92 Å². The summed E-state index contributed by atoms with van der Waals surface area (Å²) in [6.45, 7) is 3.38. The van der Waals surface area contributed by atoms with E-state index in [2.05, 4.69) is 12.2 Å². The quantitative estimate of drug-likeness (QED) is 0.705. The molecule has 2 fully saturated rings. The molecule has 1 unspecified atom stereocenters. The van der Waals surface area contributed by atoms with E-state index < -0.39 is 0 Å². The first-order chi connectivity index (χ1) is 6.82. The number of hydrogen-bond donors (Lipinski definition) is 1. The van der Waals surface area contributed by atoms with Crippen LogP contribution in [0.3, 0.4) is 0 Å². The average Bonchev–Trinajstić information content (AvgIpc) is 2.92. The second kappa shape index (κ2) is 4.19. The maximum atomic E-state index is 5.77. The topological polar surface area (TPSA) is 21.3 Å². The molecule has 2 nitrogen and oxygen atoms in total. The van der Waals surface area contributed by atoms with Crippen LogP contribution in [0.1, 0.15) is 45.4 Å². The van der Waals surface area contributed by atoms with Crippen molar-refractivity contribution in [1.29, 1.82) is 0 Å². The highest BCUT2D eigenvalue weighted by molar-refractivity contribution is 5.05. The summed E-state index contributed by atoms with van der Waals surface area (Å²) in [7, 11) is 1.89. The van der Waals surface area contributed by atoms with Gasteiger partial charge in [0.2, 0.25) is 0 Å². The SMILES string of the molecule is CCCNC(C1CC1)C1(OC)CCC1. The fraction of sp³-hybridized carbons (Fsp3) is 1.00. The van der Waals surface area contributed by atoms with Crippen LogP contribution in [0.4, 0.5) is 0 Å². The molecule has 2 heteroatoms. The monoisotopic (exact) mass is 197 g/mol. The van der Waals surface area contributed by atoms with Gasteiger partial charge in [-0.1, -0.05) is 6.92 Å². The Kier molecular flexibility index (Phi) is 3.13. The minimum atomic E-state index is 0.205. The summed E-state index contributed by atoms with van der Waals surface area (Å²) >= 11 is 0. The van der Waals surface area contributed by atoms with Crippen LogP contribution >= 0.6 is 0 Å². The van der Waals surface area contributed by atoms with Crippen molar-refractivity contribution in [2.45, 2.75) is 57.1 Å². The zero-order valence-corrected chi connectivity index (χ0v) is 9.51. The number of methoxy groups -OCH3 is 1. The van der Waals surface area contributed by atoms with Gasteiger partial charge >= 0.3 is 0 Å². The van der Waals surface area contributed by atoms with Gasteiger partial charge in [-0.2, -0.15) is 0 Å². The predicted molar refractivity (Wildman–Crippen MR) is 58.4 cm³/mol. The minimum Gasteiger partial charge on any atom is -0.377 e. The van der Waals surface area contributed by atoms with Gasteiger partial charge in [0, 0.05) is 13.2 Å². The van der Waals surface area contributed by atoms with Crippen LogP contribution in [0.5, 0.6) is 0 Å². The van der Waals surface area contributed by atoms with E-state index in [0.29, 0.717) is 6.04 Å². The standard InChI is InChI=1S/C12H23NO/c1-3-9-13-11(10-5-6-10)12(14-2)7-4-8-12/h10-11,13H,3-9H2,1-2H3. The van der Waals surface area contributed by atoms with Crippen molar-refractivity contribution >= 4 is 0 Å². The van der Waals surface area contributed by atoms with Crippen molar-refractivity contribution in [3.05, 3.63) is 0 Å². The Morgan fingerprint density at radius 2 is 2.14 bits per heavy atom. The van der Waals surface area contributed by atoms with Gasteiger partial charge in [-0.15, -0.1) is 0 Å². The molecule has 2 rings (SSSR count). The van der Waals surface area contributed by atoms with Crippen molar-refractivity contribution in [2.75, 3.05) is 13.7 Å². The van der Waals surface area contributed by atoms with Gasteiger partial charge in [-0.3, -0.25) is 0 Å². The predicted octanol–water partition coefficient (Wildman–Crippen LogP) is 2.33. The molecule has 1 N–H and O–H groups in total. The maximum absolute atomic E-state index is 5.77. The molecule has 2 aliphatic rings. The van der Waals surface area contributed by atoms with Crippen LogP contribution in [-0.4, -0.2) is 25.3 Å². The lowest BCUT2D eigenvalue weighted by Crippen LogP contribution is -2.57. The van der Waals surface area contributed by atoms with Gasteiger partial charge in [0.25, 0.3) is 0 Å². The lowest BCUT2D eigenvalue weighted by atomic mass is 9.72. The summed E-state index contributed by atoms with van der Waals surface area (Å²) in [6.07, 6.45) is 7.93. The molecule has 0 aromatic carbocycles. The van der Waals surface area contributed by atoms with E-state index >= 15 is 0 Å². The fourth-order valence-electron chi connectivity index (χ4n) is 2.68. The third kappa shape index (κ3) is 1.82. The van der Waals surface area contributed by atoms with Gasteiger partial charge in [0.05, 0.1) is 5.60 Å². The molecule has 0 aromatic heterocycles. The first-order valence-corrected chi connectivity index (χ1v) is 6.11. The number of ether oxygens (including phenoxy) is 1. The second-order valence-electron chi connectivity index (χ2n) is 4.89. The first kappa shape index (κ1) is 10.4. The van der Waals surface area contributed by atoms with Crippen LogP contribution in [0.2, 0.25) is 0 Å². The van der Waals surface area contributed by atoms with Crippen molar-refractivity contribution < 1.29 is 4.74 Å². The molecule has 1 atom stereocenters. The Labute approximate surface area is 87.4 Å².